The molecule has 1 atom stereocenters. The molecule has 2 aromatic rings. The highest BCUT2D eigenvalue weighted by Crippen LogP contribution is 2.38. The standard InChI is InChI=1S/C23H26FN6O5S/c1-14-19(15(2)35-26-14)12-29-20-5-4-17(36(33,34)27-23(13-24)6-7-23)8-18(20)21(31)30(22(29)32)11-16-9-25-28(3)10-16/h4-5,8-10,18,27H,6-7,11-13H2,1-3H3/q+1. The second-order valence-corrected chi connectivity index (χ2v) is 11.1. The number of aryl methyl sites for hydroxylation is 3. The summed E-state index contributed by atoms with van der Waals surface area (Å²) in [5, 5.41) is 8.04. The molecular weight excluding hydrogens is 491 g/mol. The van der Waals surface area contributed by atoms with Gasteiger partial charge in [-0.05, 0) is 44.9 Å². The van der Waals surface area contributed by atoms with Gasteiger partial charge in [0.05, 0.1) is 27.9 Å². The number of nitrogens with one attached hydrogen (secondary N) is 1. The highest BCUT2D eigenvalue weighted by Gasteiger charge is 2.50. The van der Waals surface area contributed by atoms with Gasteiger partial charge in [-0.1, -0.05) is 5.16 Å². The lowest BCUT2D eigenvalue weighted by atomic mass is 9.94. The molecule has 36 heavy (non-hydrogen) atoms. The molecule has 11 nitrogen and oxygen atoms in total. The van der Waals surface area contributed by atoms with E-state index in [0.717, 1.165) is 4.90 Å². The van der Waals surface area contributed by atoms with Crippen LogP contribution in [0.25, 0.3) is 0 Å². The Hall–Kier alpha value is -3.45. The maximum absolute atomic E-state index is 13.6. The normalized spacial score (nSPS) is 21.2. The van der Waals surface area contributed by atoms with Crippen LogP contribution in [0.4, 0.5) is 9.18 Å². The van der Waals surface area contributed by atoms with Gasteiger partial charge in [-0.15, -0.1) is 0 Å². The van der Waals surface area contributed by atoms with E-state index in [0.29, 0.717) is 41.1 Å². The monoisotopic (exact) mass is 517 g/mol. The summed E-state index contributed by atoms with van der Waals surface area (Å²) in [6, 6.07) is -0.549. The van der Waals surface area contributed by atoms with E-state index in [1.807, 2.05) is 0 Å². The van der Waals surface area contributed by atoms with Crippen LogP contribution in [0.1, 0.15) is 35.4 Å². The van der Waals surface area contributed by atoms with Gasteiger partial charge in [-0.2, -0.15) is 19.4 Å². The molecule has 1 N–H and O–H groups in total. The fourth-order valence-corrected chi connectivity index (χ4v) is 5.92. The smallest absolute Gasteiger partial charge is 0.361 e. The van der Waals surface area contributed by atoms with Crippen molar-refractivity contribution in [2.45, 2.75) is 45.3 Å². The van der Waals surface area contributed by atoms with E-state index in [1.54, 1.807) is 38.0 Å². The van der Waals surface area contributed by atoms with Gasteiger partial charge in [0.1, 0.15) is 37.2 Å². The first-order valence-corrected chi connectivity index (χ1v) is 12.9. The quantitative estimate of drug-likeness (QED) is 0.527. The van der Waals surface area contributed by atoms with Crippen LogP contribution in [0.15, 0.2) is 40.0 Å². The maximum Gasteiger partial charge on any atom is 0.501 e. The molecule has 3 heterocycles. The molecule has 1 fully saturated rings. The van der Waals surface area contributed by atoms with Crippen LogP contribution < -0.4 is 4.72 Å². The minimum atomic E-state index is -4.07. The minimum absolute atomic E-state index is 0.0315. The number of allylic oxidation sites excluding steroid dienone is 2. The average Bonchev–Trinajstić information content (AvgIpc) is 3.37. The summed E-state index contributed by atoms with van der Waals surface area (Å²) < 4.78 is 50.0. The number of hydrogen-bond acceptors (Lipinski definition) is 7. The second-order valence-electron chi connectivity index (χ2n) is 9.44. The number of imide groups is 1. The van der Waals surface area contributed by atoms with Crippen LogP contribution in [0.3, 0.4) is 0 Å². The van der Waals surface area contributed by atoms with E-state index in [4.69, 9.17) is 4.52 Å². The zero-order valence-electron chi connectivity index (χ0n) is 20.1. The van der Waals surface area contributed by atoms with E-state index in [9.17, 15) is 22.4 Å². The zero-order valence-corrected chi connectivity index (χ0v) is 20.9. The highest BCUT2D eigenvalue weighted by atomic mass is 32.2. The molecule has 0 aromatic carbocycles. The predicted octanol–water partition coefficient (Wildman–Crippen LogP) is 1.63. The third-order valence-corrected chi connectivity index (χ3v) is 8.34. The van der Waals surface area contributed by atoms with Crippen molar-refractivity contribution in [3.63, 3.8) is 0 Å². The first kappa shape index (κ1) is 24.3. The Balaban J connectivity index is 1.55. The molecule has 0 saturated heterocycles. The molecule has 5 rings (SSSR count). The van der Waals surface area contributed by atoms with Gasteiger partial charge in [-0.25, -0.2) is 22.3 Å². The van der Waals surface area contributed by atoms with Crippen molar-refractivity contribution in [1.82, 2.24) is 24.6 Å². The Morgan fingerprint density at radius 3 is 2.61 bits per heavy atom. The van der Waals surface area contributed by atoms with Crippen molar-refractivity contribution in [2.75, 3.05) is 6.67 Å². The van der Waals surface area contributed by atoms with Crippen molar-refractivity contribution in [2.24, 2.45) is 13.0 Å². The molecule has 190 valence electrons. The van der Waals surface area contributed by atoms with Crippen LogP contribution in [0.2, 0.25) is 0 Å². The summed E-state index contributed by atoms with van der Waals surface area (Å²) in [7, 11) is -2.35. The lowest BCUT2D eigenvalue weighted by Gasteiger charge is -2.28. The fraction of sp³-hybridized carbons (Fsp3) is 0.435. The van der Waals surface area contributed by atoms with E-state index >= 15 is 0 Å². The van der Waals surface area contributed by atoms with Crippen LogP contribution in [-0.4, -0.2) is 62.7 Å². The predicted molar refractivity (Wildman–Crippen MR) is 125 cm³/mol. The van der Waals surface area contributed by atoms with Gasteiger partial charge in [0, 0.05) is 18.8 Å². The number of sulfonamides is 1. The van der Waals surface area contributed by atoms with E-state index in [1.165, 1.54) is 22.8 Å². The Labute approximate surface area is 207 Å². The molecule has 1 saturated carbocycles. The number of rotatable bonds is 8. The minimum Gasteiger partial charge on any atom is -0.361 e. The molecule has 13 heteroatoms. The summed E-state index contributed by atoms with van der Waals surface area (Å²) in [5.74, 6) is -1.05. The number of hydrogen-bond donors (Lipinski definition) is 1. The number of carbonyl (C=O) groups is 2. The maximum atomic E-state index is 13.6. The Morgan fingerprint density at radius 1 is 1.28 bits per heavy atom. The van der Waals surface area contributed by atoms with Crippen LogP contribution in [-0.2, 0) is 35.0 Å². The van der Waals surface area contributed by atoms with Crippen molar-refractivity contribution >= 4 is 27.7 Å². The summed E-state index contributed by atoms with van der Waals surface area (Å²) in [5.41, 5.74) is 1.21. The Bertz CT molecular complexity index is 1440. The number of carbonyl (C=O) groups excluding carboxylic acids is 2. The number of amides is 3. The molecule has 3 aliphatic rings. The molecule has 2 aromatic heterocycles. The first-order chi connectivity index (χ1) is 17.0. The van der Waals surface area contributed by atoms with E-state index < -0.39 is 40.1 Å². The van der Waals surface area contributed by atoms with Crippen molar-refractivity contribution < 1.29 is 31.5 Å². The van der Waals surface area contributed by atoms with E-state index in [-0.39, 0.29) is 18.0 Å². The molecule has 0 spiro atoms. The number of fused-ring (bicyclic) bond motifs is 1. The van der Waals surface area contributed by atoms with Gasteiger partial charge in [0.2, 0.25) is 10.0 Å². The highest BCUT2D eigenvalue weighted by molar-refractivity contribution is 7.93. The molecule has 1 unspecified atom stereocenters. The third-order valence-electron chi connectivity index (χ3n) is 6.74. The fourth-order valence-electron chi connectivity index (χ4n) is 4.41. The van der Waals surface area contributed by atoms with Crippen molar-refractivity contribution in [3.8, 4) is 0 Å². The molecule has 3 amide bonds. The summed E-state index contributed by atoms with van der Waals surface area (Å²) in [6.45, 7) is 2.74. The number of halogens is 1. The van der Waals surface area contributed by atoms with E-state index in [2.05, 4.69) is 15.0 Å². The van der Waals surface area contributed by atoms with Crippen LogP contribution >= 0.6 is 0 Å². The Kier molecular flexibility index (Phi) is 5.79. The Morgan fingerprint density at radius 2 is 2.03 bits per heavy atom. The van der Waals surface area contributed by atoms with Crippen LogP contribution in [0, 0.1) is 19.8 Å². The number of nitrogens with zero attached hydrogens (tertiary/aromatic N) is 5. The van der Waals surface area contributed by atoms with Gasteiger partial charge in [0.25, 0.3) is 0 Å². The van der Waals surface area contributed by atoms with Crippen molar-refractivity contribution in [3.05, 3.63) is 58.1 Å². The number of alkyl halides is 1. The average molecular weight is 518 g/mol. The molecule has 2 aliphatic carbocycles. The zero-order chi connectivity index (χ0) is 25.8. The second kappa shape index (κ2) is 8.59. The van der Waals surface area contributed by atoms with Gasteiger partial charge in [0.15, 0.2) is 0 Å². The van der Waals surface area contributed by atoms with Gasteiger partial charge < -0.3 is 4.52 Å². The van der Waals surface area contributed by atoms with Crippen LogP contribution in [0.5, 0.6) is 0 Å². The molecular formula is C23H26FN6O5S+. The summed E-state index contributed by atoms with van der Waals surface area (Å²) in [4.78, 5) is 28.0. The summed E-state index contributed by atoms with van der Waals surface area (Å²) in [6.07, 6.45) is 8.19. The van der Waals surface area contributed by atoms with Gasteiger partial charge >= 0.3 is 11.9 Å². The first-order valence-electron chi connectivity index (χ1n) is 11.4. The van der Waals surface area contributed by atoms with Gasteiger partial charge in [-0.3, -0.25) is 4.68 Å². The lowest BCUT2D eigenvalue weighted by molar-refractivity contribution is -0.456. The topological polar surface area (TPSA) is 130 Å². The largest absolute Gasteiger partial charge is 0.501 e. The number of urea groups is 1. The van der Waals surface area contributed by atoms with Crippen molar-refractivity contribution in [1.29, 1.82) is 0 Å². The molecule has 0 radical (unpaired) electrons. The number of aromatic nitrogens is 3. The third kappa shape index (κ3) is 4.22. The molecule has 0 bridgehead atoms. The lowest BCUT2D eigenvalue weighted by Crippen LogP contribution is -2.54. The summed E-state index contributed by atoms with van der Waals surface area (Å²) >= 11 is 0. The SMILES string of the molecule is Cc1noc(C)c1C[N+]1=C2C=CC(S(=O)(=O)NC3(CF)CC3)=CC2C(=O)N(Cc2cnn(C)c2)C1=O. The molecule has 1 aliphatic heterocycles.